The summed E-state index contributed by atoms with van der Waals surface area (Å²) in [6.07, 6.45) is 3.26. The van der Waals surface area contributed by atoms with E-state index in [9.17, 15) is 8.42 Å². The number of pyridine rings is 1. The molecule has 0 unspecified atom stereocenters. The van der Waals surface area contributed by atoms with Crippen LogP contribution in [0.3, 0.4) is 0 Å². The van der Waals surface area contributed by atoms with Gasteiger partial charge < -0.3 is 4.98 Å². The van der Waals surface area contributed by atoms with Crippen LogP contribution in [0.1, 0.15) is 5.56 Å². The summed E-state index contributed by atoms with van der Waals surface area (Å²) in [4.78, 5) is 7.22. The number of nitrogens with zero attached hydrogens (tertiary/aromatic N) is 2. The van der Waals surface area contributed by atoms with Crippen LogP contribution in [0.25, 0.3) is 22.2 Å². The molecule has 6 nitrogen and oxygen atoms in total. The molecule has 2 aromatic heterocycles. The smallest absolute Gasteiger partial charge is 0.238 e. The molecule has 0 aliphatic heterocycles. The molecule has 1 aromatic carbocycles. The molecule has 0 spiro atoms. The van der Waals surface area contributed by atoms with Crippen molar-refractivity contribution in [3.05, 3.63) is 48.3 Å². The van der Waals surface area contributed by atoms with Crippen molar-refractivity contribution in [3.8, 4) is 17.2 Å². The van der Waals surface area contributed by atoms with E-state index in [-0.39, 0.29) is 4.90 Å². The van der Waals surface area contributed by atoms with E-state index in [0.717, 1.165) is 16.5 Å². The van der Waals surface area contributed by atoms with Gasteiger partial charge in [0.2, 0.25) is 10.0 Å². The zero-order valence-corrected chi connectivity index (χ0v) is 11.6. The number of H-pyrrole nitrogens is 1. The maximum atomic E-state index is 11.2. The van der Waals surface area contributed by atoms with Gasteiger partial charge in [0.1, 0.15) is 11.7 Å². The SMILES string of the molecule is N#Cc1c[nH]c2ncc(-c3ccc(S(N)(=O)=O)cc3)cc12. The fraction of sp³-hybridized carbons (Fsp3) is 0. The molecule has 0 bridgehead atoms. The third-order valence-corrected chi connectivity index (χ3v) is 4.10. The van der Waals surface area contributed by atoms with Gasteiger partial charge in [-0.15, -0.1) is 0 Å². The topological polar surface area (TPSA) is 113 Å². The van der Waals surface area contributed by atoms with Crippen LogP contribution >= 0.6 is 0 Å². The molecule has 2 heterocycles. The number of aromatic amines is 1. The lowest BCUT2D eigenvalue weighted by Crippen LogP contribution is -2.11. The van der Waals surface area contributed by atoms with E-state index in [1.165, 1.54) is 12.1 Å². The number of primary sulfonamides is 1. The minimum absolute atomic E-state index is 0.0552. The van der Waals surface area contributed by atoms with Gasteiger partial charge in [-0.05, 0) is 23.8 Å². The second-order valence-electron chi connectivity index (χ2n) is 4.50. The van der Waals surface area contributed by atoms with E-state index in [1.54, 1.807) is 24.5 Å². The second kappa shape index (κ2) is 4.70. The van der Waals surface area contributed by atoms with E-state index in [4.69, 9.17) is 10.4 Å². The van der Waals surface area contributed by atoms with E-state index in [2.05, 4.69) is 16.0 Å². The van der Waals surface area contributed by atoms with E-state index >= 15 is 0 Å². The quantitative estimate of drug-likeness (QED) is 0.750. The number of rotatable bonds is 2. The fourth-order valence-corrected chi connectivity index (χ4v) is 2.61. The molecule has 0 fully saturated rings. The zero-order valence-electron chi connectivity index (χ0n) is 10.7. The van der Waals surface area contributed by atoms with E-state index < -0.39 is 10.0 Å². The van der Waals surface area contributed by atoms with Crippen LogP contribution in [0.5, 0.6) is 0 Å². The van der Waals surface area contributed by atoms with Crippen molar-refractivity contribution >= 4 is 21.1 Å². The molecule has 21 heavy (non-hydrogen) atoms. The number of nitrogens with two attached hydrogens (primary N) is 1. The van der Waals surface area contributed by atoms with E-state index in [0.29, 0.717) is 11.2 Å². The number of nitrogens with one attached hydrogen (secondary N) is 1. The van der Waals surface area contributed by atoms with Gasteiger partial charge in [0.05, 0.1) is 10.5 Å². The lowest BCUT2D eigenvalue weighted by Gasteiger charge is -2.03. The molecular weight excluding hydrogens is 288 g/mol. The molecular formula is C14H10N4O2S. The first-order valence-electron chi connectivity index (χ1n) is 5.99. The third-order valence-electron chi connectivity index (χ3n) is 3.17. The summed E-state index contributed by atoms with van der Waals surface area (Å²) in [7, 11) is -3.70. The summed E-state index contributed by atoms with van der Waals surface area (Å²) in [6.45, 7) is 0. The monoisotopic (exact) mass is 298 g/mol. The molecule has 3 aromatic rings. The second-order valence-corrected chi connectivity index (χ2v) is 6.07. The number of aromatic nitrogens is 2. The Labute approximate surface area is 120 Å². The van der Waals surface area contributed by atoms with Gasteiger partial charge in [-0.25, -0.2) is 18.5 Å². The Morgan fingerprint density at radius 1 is 1.19 bits per heavy atom. The van der Waals surface area contributed by atoms with Crippen LogP contribution < -0.4 is 5.14 Å². The van der Waals surface area contributed by atoms with Crippen LogP contribution in [0, 0.1) is 11.3 Å². The highest BCUT2D eigenvalue weighted by molar-refractivity contribution is 7.89. The van der Waals surface area contributed by atoms with Gasteiger partial charge in [-0.2, -0.15) is 5.26 Å². The molecule has 3 rings (SSSR count). The van der Waals surface area contributed by atoms with Gasteiger partial charge in [-0.1, -0.05) is 12.1 Å². The minimum Gasteiger partial charge on any atom is -0.345 e. The highest BCUT2D eigenvalue weighted by Crippen LogP contribution is 2.25. The molecule has 0 saturated heterocycles. The summed E-state index contributed by atoms with van der Waals surface area (Å²) >= 11 is 0. The molecule has 0 saturated carbocycles. The maximum absolute atomic E-state index is 11.2. The minimum atomic E-state index is -3.70. The van der Waals surface area contributed by atoms with Crippen LogP contribution in [-0.4, -0.2) is 18.4 Å². The molecule has 3 N–H and O–H groups in total. The van der Waals surface area contributed by atoms with Gasteiger partial charge in [0.15, 0.2) is 0 Å². The number of nitriles is 1. The molecule has 7 heteroatoms. The summed E-state index contributed by atoms with van der Waals surface area (Å²) in [5.41, 5.74) is 2.73. The number of hydrogen-bond acceptors (Lipinski definition) is 4. The largest absolute Gasteiger partial charge is 0.345 e. The van der Waals surface area contributed by atoms with Crippen LogP contribution in [-0.2, 0) is 10.0 Å². The first-order chi connectivity index (χ1) is 9.99. The summed E-state index contributed by atoms with van der Waals surface area (Å²) in [6, 6.07) is 10.1. The maximum Gasteiger partial charge on any atom is 0.238 e. The summed E-state index contributed by atoms with van der Waals surface area (Å²) in [5, 5.41) is 14.8. The van der Waals surface area contributed by atoms with Crippen molar-refractivity contribution in [1.82, 2.24) is 9.97 Å². The van der Waals surface area contributed by atoms with Crippen LogP contribution in [0.15, 0.2) is 47.6 Å². The standard InChI is InChI=1S/C14H10N4O2S/c15-6-11-8-18-14-13(11)5-10(7-17-14)9-1-3-12(4-2-9)21(16,19)20/h1-5,7-8H,(H,17,18)(H2,16,19,20). The van der Waals surface area contributed by atoms with Crippen molar-refractivity contribution < 1.29 is 8.42 Å². The average Bonchev–Trinajstić information content (AvgIpc) is 2.88. The van der Waals surface area contributed by atoms with Crippen molar-refractivity contribution in [2.45, 2.75) is 4.90 Å². The number of sulfonamides is 1. The van der Waals surface area contributed by atoms with Gasteiger partial charge in [0.25, 0.3) is 0 Å². The van der Waals surface area contributed by atoms with Crippen molar-refractivity contribution in [1.29, 1.82) is 5.26 Å². The van der Waals surface area contributed by atoms with Gasteiger partial charge >= 0.3 is 0 Å². The van der Waals surface area contributed by atoms with Gasteiger partial charge in [-0.3, -0.25) is 0 Å². The molecule has 104 valence electrons. The Hall–Kier alpha value is -2.69. The Kier molecular flexibility index (Phi) is 2.97. The molecule has 0 amide bonds. The third kappa shape index (κ3) is 2.38. The lowest BCUT2D eigenvalue weighted by atomic mass is 10.1. The van der Waals surface area contributed by atoms with Crippen LogP contribution in [0.4, 0.5) is 0 Å². The summed E-state index contributed by atoms with van der Waals surface area (Å²) in [5.74, 6) is 0. The normalized spacial score (nSPS) is 11.4. The molecule has 0 aliphatic rings. The fourth-order valence-electron chi connectivity index (χ4n) is 2.09. The lowest BCUT2D eigenvalue weighted by molar-refractivity contribution is 0.598. The highest BCUT2D eigenvalue weighted by Gasteiger charge is 2.09. The molecule has 0 aliphatic carbocycles. The van der Waals surface area contributed by atoms with E-state index in [1.807, 2.05) is 6.07 Å². The van der Waals surface area contributed by atoms with Crippen LogP contribution in [0.2, 0.25) is 0 Å². The first-order valence-corrected chi connectivity index (χ1v) is 7.54. The number of benzene rings is 1. The Bertz CT molecular complexity index is 966. The Morgan fingerprint density at radius 3 is 2.52 bits per heavy atom. The van der Waals surface area contributed by atoms with Crippen molar-refractivity contribution in [2.75, 3.05) is 0 Å². The summed E-state index contributed by atoms with van der Waals surface area (Å²) < 4.78 is 22.5. The molecule has 0 radical (unpaired) electrons. The first kappa shape index (κ1) is 13.3. The Balaban J connectivity index is 2.10. The highest BCUT2D eigenvalue weighted by atomic mass is 32.2. The van der Waals surface area contributed by atoms with Crippen molar-refractivity contribution in [2.24, 2.45) is 5.14 Å². The van der Waals surface area contributed by atoms with Crippen molar-refractivity contribution in [3.63, 3.8) is 0 Å². The predicted molar refractivity (Wildman–Crippen MR) is 77.6 cm³/mol. The molecule has 0 atom stereocenters. The average molecular weight is 298 g/mol. The predicted octanol–water partition coefficient (Wildman–Crippen LogP) is 1.75. The number of hydrogen-bond donors (Lipinski definition) is 2. The van der Waals surface area contributed by atoms with Gasteiger partial charge in [0, 0.05) is 23.3 Å². The zero-order chi connectivity index (χ0) is 15.0. The number of fused-ring (bicyclic) bond motifs is 1. The Morgan fingerprint density at radius 2 is 1.90 bits per heavy atom.